The number of hydrogen-bond acceptors (Lipinski definition) is 5. The Morgan fingerprint density at radius 1 is 0.386 bits per heavy atom. The van der Waals surface area contributed by atoms with Gasteiger partial charge in [-0.05, 0) is 81.9 Å². The van der Waals surface area contributed by atoms with Crippen molar-refractivity contribution < 1.29 is 4.74 Å². The van der Waals surface area contributed by atoms with E-state index in [9.17, 15) is 0 Å². The van der Waals surface area contributed by atoms with Crippen LogP contribution in [0.3, 0.4) is 0 Å². The monoisotopic (exact) mass is 910 g/mol. The predicted octanol–water partition coefficient (Wildman–Crippen LogP) is 16.5. The molecule has 1 aliphatic carbocycles. The van der Waals surface area contributed by atoms with Crippen molar-refractivity contribution in [3.05, 3.63) is 253 Å². The van der Waals surface area contributed by atoms with E-state index in [2.05, 4.69) is 199 Å². The molecule has 0 bridgehead atoms. The molecule has 2 aliphatic rings. The standard InChI is InChI=1S/C64H38N4OS/c1-4-18-39(19-5-1)61-65-62(40-20-6-2-7-21-40)67-63(66-61)46-26-16-29-51-57(46)47-38-41(34-36-48(47)64(51)49-27-11-14-31-53(49)69-54-32-15-12-28-50(54)64)43-25-17-33-55-58(43)59-56(70-55)37-35-45-44-24-10-13-30-52(44)68(60(45)59)42-22-8-3-9-23-42/h1-38H. The smallest absolute Gasteiger partial charge is 0.164 e. The van der Waals surface area contributed by atoms with E-state index in [-0.39, 0.29) is 0 Å². The van der Waals surface area contributed by atoms with Crippen molar-refractivity contribution in [1.82, 2.24) is 19.5 Å². The van der Waals surface area contributed by atoms with E-state index in [1.165, 1.54) is 53.1 Å². The van der Waals surface area contributed by atoms with Gasteiger partial charge in [0.15, 0.2) is 17.5 Å². The molecule has 0 unspecified atom stereocenters. The third kappa shape index (κ3) is 5.50. The zero-order valence-electron chi connectivity index (χ0n) is 37.5. The highest BCUT2D eigenvalue weighted by molar-refractivity contribution is 7.26. The van der Waals surface area contributed by atoms with Crippen molar-refractivity contribution in [1.29, 1.82) is 0 Å². The Kier molecular flexibility index (Phi) is 8.38. The van der Waals surface area contributed by atoms with Gasteiger partial charge in [-0.25, -0.2) is 15.0 Å². The Labute approximate surface area is 407 Å². The second-order valence-corrected chi connectivity index (χ2v) is 19.3. The minimum absolute atomic E-state index is 0.619. The molecule has 15 rings (SSSR count). The van der Waals surface area contributed by atoms with Crippen molar-refractivity contribution in [2.24, 2.45) is 0 Å². The molecule has 70 heavy (non-hydrogen) atoms. The topological polar surface area (TPSA) is 52.8 Å². The number of nitrogens with zero attached hydrogens (tertiary/aromatic N) is 4. The number of para-hydroxylation sites is 4. The van der Waals surface area contributed by atoms with E-state index in [0.29, 0.717) is 17.5 Å². The van der Waals surface area contributed by atoms with Crippen LogP contribution in [0, 0.1) is 0 Å². The first-order chi connectivity index (χ1) is 34.7. The Morgan fingerprint density at radius 2 is 0.971 bits per heavy atom. The van der Waals surface area contributed by atoms with Crippen molar-refractivity contribution >= 4 is 53.3 Å². The van der Waals surface area contributed by atoms with Gasteiger partial charge in [0.05, 0.1) is 16.4 Å². The van der Waals surface area contributed by atoms with Gasteiger partial charge in [-0.1, -0.05) is 182 Å². The molecule has 326 valence electrons. The molecule has 13 aromatic rings. The van der Waals surface area contributed by atoms with Gasteiger partial charge in [-0.2, -0.15) is 0 Å². The molecule has 0 amide bonds. The number of rotatable bonds is 5. The zero-order valence-corrected chi connectivity index (χ0v) is 38.4. The highest BCUT2D eigenvalue weighted by atomic mass is 32.1. The van der Waals surface area contributed by atoms with Crippen molar-refractivity contribution in [2.45, 2.75) is 5.41 Å². The van der Waals surface area contributed by atoms with Crippen LogP contribution in [0.4, 0.5) is 0 Å². The maximum atomic E-state index is 6.78. The number of fused-ring (bicyclic) bond motifs is 16. The summed E-state index contributed by atoms with van der Waals surface area (Å²) >= 11 is 1.86. The second-order valence-electron chi connectivity index (χ2n) is 18.2. The maximum Gasteiger partial charge on any atom is 0.164 e. The Balaban J connectivity index is 1.05. The van der Waals surface area contributed by atoms with E-state index >= 15 is 0 Å². The molecule has 0 radical (unpaired) electrons. The summed E-state index contributed by atoms with van der Waals surface area (Å²) in [6.45, 7) is 0. The molecule has 1 spiro atoms. The fourth-order valence-corrected chi connectivity index (χ4v) is 12.8. The Morgan fingerprint density at radius 3 is 1.70 bits per heavy atom. The van der Waals surface area contributed by atoms with E-state index < -0.39 is 5.41 Å². The predicted molar refractivity (Wildman–Crippen MR) is 286 cm³/mol. The van der Waals surface area contributed by atoms with Gasteiger partial charge in [0.1, 0.15) is 11.5 Å². The Hall–Kier alpha value is -8.97. The number of hydrogen-bond donors (Lipinski definition) is 0. The lowest BCUT2D eigenvalue weighted by molar-refractivity contribution is 0.436. The van der Waals surface area contributed by atoms with Crippen LogP contribution in [0.15, 0.2) is 231 Å². The van der Waals surface area contributed by atoms with Crippen molar-refractivity contribution in [3.63, 3.8) is 0 Å². The summed E-state index contributed by atoms with van der Waals surface area (Å²) in [4.78, 5) is 15.8. The lowest BCUT2D eigenvalue weighted by Gasteiger charge is -2.39. The van der Waals surface area contributed by atoms with Gasteiger partial charge in [-0.15, -0.1) is 11.3 Å². The lowest BCUT2D eigenvalue weighted by Crippen LogP contribution is -2.32. The summed E-state index contributed by atoms with van der Waals surface area (Å²) < 4.78 is 11.8. The van der Waals surface area contributed by atoms with Crippen molar-refractivity contribution in [3.8, 4) is 73.6 Å². The summed E-state index contributed by atoms with van der Waals surface area (Å²) in [6.07, 6.45) is 0. The molecule has 0 saturated heterocycles. The first-order valence-electron chi connectivity index (χ1n) is 23.7. The second kappa shape index (κ2) is 15.0. The van der Waals surface area contributed by atoms with Crippen LogP contribution >= 0.6 is 11.3 Å². The summed E-state index contributed by atoms with van der Waals surface area (Å²) in [7, 11) is 0. The molecule has 4 heterocycles. The first-order valence-corrected chi connectivity index (χ1v) is 24.5. The molecular formula is C64H38N4OS. The molecule has 3 aromatic heterocycles. The Bertz CT molecular complexity index is 4170. The average molecular weight is 911 g/mol. The number of benzene rings is 10. The fourth-order valence-electron chi connectivity index (χ4n) is 11.7. The van der Waals surface area contributed by atoms with Gasteiger partial charge in [0, 0.05) is 64.4 Å². The van der Waals surface area contributed by atoms with Crippen LogP contribution in [0.1, 0.15) is 22.3 Å². The molecule has 0 atom stereocenters. The van der Waals surface area contributed by atoms with Crippen LogP contribution < -0.4 is 4.74 Å². The molecule has 6 heteroatoms. The van der Waals surface area contributed by atoms with Gasteiger partial charge in [-0.3, -0.25) is 0 Å². The van der Waals surface area contributed by atoms with E-state index in [1.807, 2.05) is 47.7 Å². The molecule has 5 nitrogen and oxygen atoms in total. The minimum atomic E-state index is -0.702. The van der Waals surface area contributed by atoms with Crippen LogP contribution in [-0.2, 0) is 5.41 Å². The van der Waals surface area contributed by atoms with E-state index in [1.54, 1.807) is 0 Å². The largest absolute Gasteiger partial charge is 0.457 e. The minimum Gasteiger partial charge on any atom is -0.457 e. The summed E-state index contributed by atoms with van der Waals surface area (Å²) in [6, 6.07) is 82.4. The highest BCUT2D eigenvalue weighted by Gasteiger charge is 2.52. The third-order valence-electron chi connectivity index (χ3n) is 14.5. The normalized spacial score (nSPS) is 13.1. The molecule has 10 aromatic carbocycles. The number of thiophene rings is 1. The quantitative estimate of drug-likeness (QED) is 0.173. The summed E-state index contributed by atoms with van der Waals surface area (Å²) in [5.41, 5.74) is 14.8. The lowest BCUT2D eigenvalue weighted by atomic mass is 9.66. The van der Waals surface area contributed by atoms with Crippen molar-refractivity contribution in [2.75, 3.05) is 0 Å². The van der Waals surface area contributed by atoms with Gasteiger partial charge < -0.3 is 9.30 Å². The van der Waals surface area contributed by atoms with Gasteiger partial charge in [0.25, 0.3) is 0 Å². The van der Waals surface area contributed by atoms with Gasteiger partial charge >= 0.3 is 0 Å². The number of aromatic nitrogens is 4. The summed E-state index contributed by atoms with van der Waals surface area (Å²) in [5.74, 6) is 3.56. The third-order valence-corrected chi connectivity index (χ3v) is 15.6. The molecule has 0 fully saturated rings. The van der Waals surface area contributed by atoms with E-state index in [0.717, 1.165) is 67.3 Å². The molecule has 1 aliphatic heterocycles. The first kappa shape index (κ1) is 39.1. The van der Waals surface area contributed by atoms with E-state index in [4.69, 9.17) is 19.7 Å². The fraction of sp³-hybridized carbons (Fsp3) is 0.0156. The van der Waals surface area contributed by atoms with Crippen LogP contribution in [-0.4, -0.2) is 19.5 Å². The van der Waals surface area contributed by atoms with Crippen LogP contribution in [0.25, 0.3) is 104 Å². The number of ether oxygens (including phenoxy) is 1. The molecule has 0 saturated carbocycles. The summed E-state index contributed by atoms with van der Waals surface area (Å²) in [5, 5.41) is 5.02. The van der Waals surface area contributed by atoms with Crippen LogP contribution in [0.5, 0.6) is 11.5 Å². The zero-order chi connectivity index (χ0) is 45.9. The van der Waals surface area contributed by atoms with Gasteiger partial charge in [0.2, 0.25) is 0 Å². The maximum absolute atomic E-state index is 6.78. The molecule has 0 N–H and O–H groups in total. The SMILES string of the molecule is c1ccc(-c2nc(-c3ccccc3)nc(-c3cccc4c3-c3cc(-c5cccc6sc7ccc8c9ccccc9n(-c9ccccc9)c8c7c56)ccc3C43c4ccccc4Oc4ccccc43)n2)cc1. The molecular weight excluding hydrogens is 873 g/mol. The van der Waals surface area contributed by atoms with Crippen LogP contribution in [0.2, 0.25) is 0 Å². The highest BCUT2D eigenvalue weighted by Crippen LogP contribution is 2.64. The average Bonchev–Trinajstić information content (AvgIpc) is 4.08.